The molecule has 1 aromatic heterocycles. The zero-order valence-corrected chi connectivity index (χ0v) is 9.46. The van der Waals surface area contributed by atoms with E-state index in [0.29, 0.717) is 12.1 Å². The fraction of sp³-hybridized carbons (Fsp3) is 0.636. The lowest BCUT2D eigenvalue weighted by Gasteiger charge is -2.38. The van der Waals surface area contributed by atoms with Gasteiger partial charge in [-0.3, -0.25) is 4.90 Å². The van der Waals surface area contributed by atoms with Crippen LogP contribution in [0.15, 0.2) is 17.5 Å². The van der Waals surface area contributed by atoms with Crippen LogP contribution in [0.1, 0.15) is 30.7 Å². The molecule has 2 atom stereocenters. The molecule has 2 heterocycles. The highest BCUT2D eigenvalue weighted by molar-refractivity contribution is 7.10. The smallest absolute Gasteiger partial charge is 0.0593 e. The van der Waals surface area contributed by atoms with Crippen molar-refractivity contribution in [3.8, 4) is 0 Å². The first-order valence-corrected chi connectivity index (χ1v) is 6.24. The van der Waals surface area contributed by atoms with Gasteiger partial charge in [-0.15, -0.1) is 11.3 Å². The number of hydrogen-bond donors (Lipinski definition) is 1. The number of thiophene rings is 1. The van der Waals surface area contributed by atoms with Gasteiger partial charge >= 0.3 is 0 Å². The third kappa shape index (κ3) is 1.85. The van der Waals surface area contributed by atoms with Gasteiger partial charge in [-0.25, -0.2) is 0 Å². The Bertz CT molecular complexity index is 271. The van der Waals surface area contributed by atoms with Gasteiger partial charge in [0.15, 0.2) is 0 Å². The molecule has 0 radical (unpaired) electrons. The first kappa shape index (κ1) is 10.1. The van der Waals surface area contributed by atoms with Gasteiger partial charge in [0.25, 0.3) is 0 Å². The normalized spacial score (nSPS) is 29.3. The maximum Gasteiger partial charge on any atom is 0.0593 e. The summed E-state index contributed by atoms with van der Waals surface area (Å²) in [5, 5.41) is 2.14. The summed E-state index contributed by atoms with van der Waals surface area (Å²) in [6, 6.07) is 5.12. The maximum absolute atomic E-state index is 6.20. The number of hydrogen-bond acceptors (Lipinski definition) is 3. The van der Waals surface area contributed by atoms with Crippen LogP contribution in [0.3, 0.4) is 0 Å². The second-order valence-electron chi connectivity index (χ2n) is 3.89. The number of nitrogens with two attached hydrogens (primary N) is 1. The molecular weight excluding hydrogens is 192 g/mol. The SMILES string of the molecule is CCN1CCCC(N)C1c1cccs1. The first-order valence-electron chi connectivity index (χ1n) is 5.36. The third-order valence-electron chi connectivity index (χ3n) is 3.02. The minimum Gasteiger partial charge on any atom is -0.326 e. The minimum atomic E-state index is 0.322. The monoisotopic (exact) mass is 210 g/mol. The molecule has 1 saturated heterocycles. The van der Waals surface area contributed by atoms with E-state index in [-0.39, 0.29) is 0 Å². The largest absolute Gasteiger partial charge is 0.326 e. The average molecular weight is 210 g/mol. The standard InChI is InChI=1S/C11H18N2S/c1-2-13-7-3-5-9(12)11(13)10-6-4-8-14-10/h4,6,8-9,11H,2-3,5,7,12H2,1H3. The molecule has 14 heavy (non-hydrogen) atoms. The Morgan fingerprint density at radius 3 is 3.14 bits per heavy atom. The Labute approximate surface area is 89.7 Å². The summed E-state index contributed by atoms with van der Waals surface area (Å²) in [5.74, 6) is 0. The third-order valence-corrected chi connectivity index (χ3v) is 3.97. The average Bonchev–Trinajstić information content (AvgIpc) is 2.70. The molecule has 1 aromatic rings. The van der Waals surface area contributed by atoms with E-state index < -0.39 is 0 Å². The summed E-state index contributed by atoms with van der Waals surface area (Å²) >= 11 is 1.83. The fourth-order valence-electron chi connectivity index (χ4n) is 2.30. The van der Waals surface area contributed by atoms with E-state index in [1.807, 2.05) is 11.3 Å². The Hall–Kier alpha value is -0.380. The van der Waals surface area contributed by atoms with Crippen molar-refractivity contribution in [3.63, 3.8) is 0 Å². The van der Waals surface area contributed by atoms with Gasteiger partial charge in [-0.05, 0) is 37.4 Å². The fourth-order valence-corrected chi connectivity index (χ4v) is 3.24. The van der Waals surface area contributed by atoms with Crippen LogP contribution in [-0.2, 0) is 0 Å². The molecule has 2 N–H and O–H groups in total. The predicted molar refractivity (Wildman–Crippen MR) is 61.5 cm³/mol. The van der Waals surface area contributed by atoms with Crippen molar-refractivity contribution in [2.75, 3.05) is 13.1 Å². The molecule has 1 aliphatic heterocycles. The molecule has 1 aliphatic rings. The quantitative estimate of drug-likeness (QED) is 0.811. The summed E-state index contributed by atoms with van der Waals surface area (Å²) in [6.45, 7) is 4.53. The van der Waals surface area contributed by atoms with E-state index in [1.165, 1.54) is 24.3 Å². The molecule has 0 aromatic carbocycles. The second-order valence-corrected chi connectivity index (χ2v) is 4.87. The van der Waals surface area contributed by atoms with Crippen molar-refractivity contribution >= 4 is 11.3 Å². The number of likely N-dealkylation sites (tertiary alicyclic amines) is 1. The van der Waals surface area contributed by atoms with Crippen LogP contribution in [-0.4, -0.2) is 24.0 Å². The van der Waals surface area contributed by atoms with Crippen molar-refractivity contribution in [1.29, 1.82) is 0 Å². The van der Waals surface area contributed by atoms with Crippen molar-refractivity contribution in [3.05, 3.63) is 22.4 Å². The zero-order valence-electron chi connectivity index (χ0n) is 8.65. The molecule has 0 saturated carbocycles. The summed E-state index contributed by atoms with van der Waals surface area (Å²) in [5.41, 5.74) is 6.20. The second kappa shape index (κ2) is 4.43. The van der Waals surface area contributed by atoms with Gasteiger partial charge in [0.05, 0.1) is 6.04 Å². The Morgan fingerprint density at radius 2 is 2.50 bits per heavy atom. The maximum atomic E-state index is 6.20. The van der Waals surface area contributed by atoms with Crippen LogP contribution in [0.4, 0.5) is 0 Å². The Kier molecular flexibility index (Phi) is 3.21. The van der Waals surface area contributed by atoms with Gasteiger partial charge in [0, 0.05) is 10.9 Å². The molecule has 1 fully saturated rings. The number of nitrogens with zero attached hydrogens (tertiary/aromatic N) is 1. The summed E-state index contributed by atoms with van der Waals surface area (Å²) < 4.78 is 0. The summed E-state index contributed by atoms with van der Waals surface area (Å²) in [6.07, 6.45) is 2.41. The summed E-state index contributed by atoms with van der Waals surface area (Å²) in [7, 11) is 0. The lowest BCUT2D eigenvalue weighted by Crippen LogP contribution is -2.45. The van der Waals surface area contributed by atoms with Crippen molar-refractivity contribution in [2.45, 2.75) is 31.8 Å². The van der Waals surface area contributed by atoms with E-state index in [4.69, 9.17) is 5.73 Å². The van der Waals surface area contributed by atoms with Crippen LogP contribution in [0.2, 0.25) is 0 Å². The van der Waals surface area contributed by atoms with E-state index in [9.17, 15) is 0 Å². The molecule has 0 bridgehead atoms. The molecule has 78 valence electrons. The highest BCUT2D eigenvalue weighted by Crippen LogP contribution is 2.32. The lowest BCUT2D eigenvalue weighted by molar-refractivity contribution is 0.138. The molecule has 0 aliphatic carbocycles. The van der Waals surface area contributed by atoms with Crippen molar-refractivity contribution in [1.82, 2.24) is 4.90 Å². The molecule has 0 amide bonds. The Balaban J connectivity index is 2.19. The number of piperidine rings is 1. The Morgan fingerprint density at radius 1 is 1.64 bits per heavy atom. The van der Waals surface area contributed by atoms with Gasteiger partial charge in [-0.2, -0.15) is 0 Å². The van der Waals surface area contributed by atoms with Crippen LogP contribution in [0.5, 0.6) is 0 Å². The van der Waals surface area contributed by atoms with Crippen LogP contribution < -0.4 is 5.73 Å². The topological polar surface area (TPSA) is 29.3 Å². The molecular formula is C11H18N2S. The van der Waals surface area contributed by atoms with E-state index in [2.05, 4.69) is 29.3 Å². The zero-order chi connectivity index (χ0) is 9.97. The molecule has 3 heteroatoms. The summed E-state index contributed by atoms with van der Waals surface area (Å²) in [4.78, 5) is 3.93. The molecule has 2 rings (SSSR count). The lowest BCUT2D eigenvalue weighted by atomic mass is 9.96. The van der Waals surface area contributed by atoms with Crippen molar-refractivity contribution in [2.24, 2.45) is 5.73 Å². The minimum absolute atomic E-state index is 0.322. The van der Waals surface area contributed by atoms with Gasteiger partial charge in [-0.1, -0.05) is 13.0 Å². The van der Waals surface area contributed by atoms with Crippen LogP contribution in [0, 0.1) is 0 Å². The van der Waals surface area contributed by atoms with E-state index >= 15 is 0 Å². The van der Waals surface area contributed by atoms with E-state index in [1.54, 1.807) is 0 Å². The number of rotatable bonds is 2. The first-order chi connectivity index (χ1) is 6.83. The van der Waals surface area contributed by atoms with Crippen LogP contribution in [0.25, 0.3) is 0 Å². The molecule has 2 nitrogen and oxygen atoms in total. The predicted octanol–water partition coefficient (Wildman–Crippen LogP) is 2.23. The highest BCUT2D eigenvalue weighted by atomic mass is 32.1. The van der Waals surface area contributed by atoms with E-state index in [0.717, 1.165) is 6.54 Å². The van der Waals surface area contributed by atoms with Gasteiger partial charge in [0.2, 0.25) is 0 Å². The molecule has 2 unspecified atom stereocenters. The molecule has 0 spiro atoms. The number of likely N-dealkylation sites (N-methyl/N-ethyl adjacent to an activating group) is 1. The van der Waals surface area contributed by atoms with Gasteiger partial charge in [0.1, 0.15) is 0 Å². The highest BCUT2D eigenvalue weighted by Gasteiger charge is 2.29. The van der Waals surface area contributed by atoms with Gasteiger partial charge < -0.3 is 5.73 Å². The van der Waals surface area contributed by atoms with Crippen LogP contribution >= 0.6 is 11.3 Å². The van der Waals surface area contributed by atoms with Crippen molar-refractivity contribution < 1.29 is 0 Å².